The lowest BCUT2D eigenvalue weighted by Crippen LogP contribution is -2.81. The summed E-state index contributed by atoms with van der Waals surface area (Å²) in [5, 5.41) is 53.0. The summed E-state index contributed by atoms with van der Waals surface area (Å²) in [5.74, 6) is -4.38. The van der Waals surface area contributed by atoms with Gasteiger partial charge in [-0.25, -0.2) is 9.59 Å². The van der Waals surface area contributed by atoms with Gasteiger partial charge in [-0.15, -0.1) is 0 Å². The Labute approximate surface area is 753 Å². The topological polar surface area (TPSA) is 352 Å². The average molecular weight is 1790 g/mol. The molecule has 29 nitrogen and oxygen atoms in total. The van der Waals surface area contributed by atoms with E-state index in [9.17, 15) is 48.0 Å². The van der Waals surface area contributed by atoms with Crippen molar-refractivity contribution in [1.82, 2.24) is 29.6 Å². The van der Waals surface area contributed by atoms with Gasteiger partial charge < -0.3 is 83.0 Å². The van der Waals surface area contributed by atoms with Crippen molar-refractivity contribution in [3.05, 3.63) is 172 Å². The molecule has 2 spiro atoms. The van der Waals surface area contributed by atoms with Crippen LogP contribution in [0.3, 0.4) is 0 Å². The van der Waals surface area contributed by atoms with E-state index in [1.807, 2.05) is 129 Å². The molecule has 7 aromatic rings. The molecule has 692 valence electrons. The van der Waals surface area contributed by atoms with Gasteiger partial charge in [-0.2, -0.15) is 8.42 Å². The molecule has 3 saturated heterocycles. The largest absolute Gasteiger partial charge is 0.496 e. The number of rotatable bonds is 17. The van der Waals surface area contributed by atoms with Crippen LogP contribution < -0.4 is 19.3 Å². The molecule has 2 aliphatic carbocycles. The lowest BCUT2D eigenvalue weighted by atomic mass is 9.47. The molecule has 18 rings (SSSR count). The van der Waals surface area contributed by atoms with Gasteiger partial charge in [0.15, 0.2) is 12.2 Å². The molecule has 11 heterocycles. The number of methoxy groups -OCH3 is 6. The number of anilines is 2. The Kier molecular flexibility index (Phi) is 23.3. The second-order valence-corrected chi connectivity index (χ2v) is 40.5. The molecular formula is C99H124N8O21S. The van der Waals surface area contributed by atoms with Gasteiger partial charge in [-0.05, 0) is 175 Å². The van der Waals surface area contributed by atoms with Crippen molar-refractivity contribution in [1.29, 1.82) is 0 Å². The molecule has 30 heteroatoms. The minimum Gasteiger partial charge on any atom is -0.496 e. The minimum atomic E-state index is -4.33. The summed E-state index contributed by atoms with van der Waals surface area (Å²) in [5.41, 5.74) is -4.65. The zero-order chi connectivity index (χ0) is 92.2. The van der Waals surface area contributed by atoms with E-state index in [1.54, 1.807) is 33.2 Å². The van der Waals surface area contributed by atoms with Crippen LogP contribution in [-0.4, -0.2) is 282 Å². The molecule has 2 saturated carbocycles. The first-order valence-corrected chi connectivity index (χ1v) is 46.7. The Morgan fingerprint density at radius 2 is 0.984 bits per heavy atom. The number of aromatic amines is 2. The Balaban J connectivity index is 0.000000184. The van der Waals surface area contributed by atoms with E-state index in [4.69, 9.17) is 42.1 Å². The predicted octanol–water partition coefficient (Wildman–Crippen LogP) is 8.92. The number of H-pyrrole nitrogens is 2. The van der Waals surface area contributed by atoms with Gasteiger partial charge in [0.1, 0.15) is 22.3 Å². The lowest BCUT2D eigenvalue weighted by molar-refractivity contribution is -0.229. The maximum atomic E-state index is 15.8. The van der Waals surface area contributed by atoms with Gasteiger partial charge in [0.25, 0.3) is 10.1 Å². The van der Waals surface area contributed by atoms with E-state index in [0.717, 1.165) is 61.0 Å². The Morgan fingerprint density at radius 3 is 1.43 bits per heavy atom. The normalized spacial score (nSPS) is 34.3. The number of para-hydroxylation sites is 2. The molecule has 2 aromatic heterocycles. The highest BCUT2D eigenvalue weighted by molar-refractivity contribution is 7.86. The SMILES string of the molecule is CC[C@]1(O)C[C@@H]2CN(CCc3c([nH]c4ccccc34)[C@@](C(=O)OC)(c3cc4c(cc3OC)N(C)[C@H]3C(O)(C(=O)OC)[C@H](OC(C)=O)[C@]5(CC)C=CCN6CCC43[C@@H]65)C2)C1.CC[C@]12C=CCN3CCC4(c5cc([C@@]6(C(=O)OC)C[C@@H](COS(=O)(=O)c7ccc(C)cc7)C[C@](C)(O)CN(C)CCc7c6[nH]c6ccccc76)c(OC)cc5N(C)[C@H]4C(O)(C(=O)OC)[C@@H]1OC(C)=O)[C@@H]32. The van der Waals surface area contributed by atoms with Crippen molar-refractivity contribution in [3.63, 3.8) is 0 Å². The minimum absolute atomic E-state index is 0.0170. The first kappa shape index (κ1) is 91.2. The highest BCUT2D eigenvalue weighted by Crippen LogP contribution is 2.71. The monoisotopic (exact) mass is 1790 g/mol. The number of hydrogen-bond donors (Lipinski definition) is 6. The molecule has 0 radical (unpaired) electrons. The van der Waals surface area contributed by atoms with Gasteiger partial charge in [0, 0.05) is 175 Å². The number of carbonyl (C=O) groups excluding carboxylic acids is 6. The molecule has 19 atom stereocenters. The third kappa shape index (κ3) is 13.4. The highest BCUT2D eigenvalue weighted by atomic mass is 32.2. The van der Waals surface area contributed by atoms with Crippen LogP contribution in [0.15, 0.2) is 126 Å². The van der Waals surface area contributed by atoms with Gasteiger partial charge in [-0.1, -0.05) is 99.2 Å². The standard InChI is InChI=1S/C53H66N4O12S.C46H58N4O9/c1-10-50-21-13-23-57-25-22-51(44(50)57)38-26-39(42(65-7)27-41(38)56(6)45(51)53(62,48(60)67-9)46(50)69-33(3)58)52(47(59)66-8)29-34(30-68-70(63,64)35-18-16-32(2)17-19-35)28-49(4,61)31-55(5)24-20-37-36-14-11-12-15-40(36)54-43(37)52;1-8-42(54)23-28-24-45(40(52)57-6,36-30(15-19-49(25-28)26-42)29-13-10-11-14-33(29)47-36)32-21-31-34(22-35(32)56-5)48(4)38-44(31)17-20-50-18-12-16-43(9-2,37(44)50)39(59-27(3)51)46(38,55)41(53)58-7/h11-19,21,26-27,34,44-46,54,61-62H,10,20,22-25,28-31H2,1-9H3;10-14,16,21-22,28,37-39,47,54-55H,8-9,15,17-20,23-26H2,1-7H3/t34-,44-,45+,46+,49-,50+,51?,52-,53?;28-,37-,38+,39+,42-,43+,44?,45-,46?/m00/s1. The first-order valence-electron chi connectivity index (χ1n) is 45.3. The number of piperidine rings is 1. The molecule has 11 aliphatic rings. The lowest BCUT2D eigenvalue weighted by Gasteiger charge is -2.63. The van der Waals surface area contributed by atoms with Crippen molar-refractivity contribution in [3.8, 4) is 11.5 Å². The maximum absolute atomic E-state index is 15.8. The first-order chi connectivity index (χ1) is 61.4. The van der Waals surface area contributed by atoms with E-state index in [-0.39, 0.29) is 42.0 Å². The zero-order valence-corrected chi connectivity index (χ0v) is 77.7. The smallest absolute Gasteiger partial charge is 0.344 e. The number of esters is 6. The number of likely N-dealkylation sites (N-methyl/N-ethyl adjacent to an activating group) is 3. The van der Waals surface area contributed by atoms with Crippen LogP contribution in [0.4, 0.5) is 11.4 Å². The second-order valence-electron chi connectivity index (χ2n) is 38.9. The van der Waals surface area contributed by atoms with E-state index >= 15 is 9.59 Å². The van der Waals surface area contributed by atoms with Crippen molar-refractivity contribution >= 4 is 79.1 Å². The number of ether oxygens (including phenoxy) is 8. The number of hydrogen-bond acceptors (Lipinski definition) is 27. The van der Waals surface area contributed by atoms with Gasteiger partial charge in [-0.3, -0.25) is 38.1 Å². The number of aromatic nitrogens is 2. The van der Waals surface area contributed by atoms with Gasteiger partial charge in [0.2, 0.25) is 11.2 Å². The molecule has 5 unspecified atom stereocenters. The van der Waals surface area contributed by atoms with Crippen LogP contribution in [-0.2, 0) is 106 Å². The fourth-order valence-electron chi connectivity index (χ4n) is 27.5. The van der Waals surface area contributed by atoms with Crippen molar-refractivity contribution in [2.75, 3.05) is 139 Å². The van der Waals surface area contributed by atoms with Crippen LogP contribution in [0.1, 0.15) is 150 Å². The highest BCUT2D eigenvalue weighted by Gasteiger charge is 2.83. The Morgan fingerprint density at radius 1 is 0.527 bits per heavy atom. The van der Waals surface area contributed by atoms with Crippen LogP contribution >= 0.6 is 0 Å². The zero-order valence-electron chi connectivity index (χ0n) is 76.8. The number of nitrogens with one attached hydrogen (secondary N) is 2. The van der Waals surface area contributed by atoms with Crippen molar-refractivity contribution in [2.45, 2.75) is 204 Å². The summed E-state index contributed by atoms with van der Waals surface area (Å²) in [6, 6.07) is 27.4. The van der Waals surface area contributed by atoms with Crippen LogP contribution in [0, 0.1) is 29.6 Å². The predicted molar refractivity (Wildman–Crippen MR) is 482 cm³/mol. The number of benzene rings is 5. The van der Waals surface area contributed by atoms with Crippen molar-refractivity contribution < 1.29 is 99.7 Å². The number of fused-ring (bicyclic) bond motifs is 10. The second kappa shape index (κ2) is 32.9. The van der Waals surface area contributed by atoms with E-state index in [1.165, 1.54) is 61.5 Å². The van der Waals surface area contributed by atoms with Crippen LogP contribution in [0.5, 0.6) is 11.5 Å². The summed E-state index contributed by atoms with van der Waals surface area (Å²) in [4.78, 5) is 107. The average Bonchev–Trinajstić information content (AvgIpc) is 1.47. The molecule has 2 bridgehead atoms. The Bertz CT molecular complexity index is 5810. The molecule has 6 N–H and O–H groups in total. The summed E-state index contributed by atoms with van der Waals surface area (Å²) in [6.45, 7) is 16.9. The summed E-state index contributed by atoms with van der Waals surface area (Å²) < 4.78 is 81.9. The van der Waals surface area contributed by atoms with Crippen LogP contribution in [0.2, 0.25) is 0 Å². The third-order valence-corrected chi connectivity index (χ3v) is 33.3. The molecule has 0 amide bonds. The Hall–Kier alpha value is -9.73. The number of carbonyl (C=O) groups is 6. The summed E-state index contributed by atoms with van der Waals surface area (Å²) in [6.07, 6.45) is 9.78. The number of nitrogens with zero attached hydrogens (tertiary/aromatic N) is 6. The molecular weight excluding hydrogens is 1670 g/mol. The van der Waals surface area contributed by atoms with Crippen LogP contribution in [0.25, 0.3) is 21.8 Å². The third-order valence-electron chi connectivity index (χ3n) is 32.0. The number of aryl methyl sites for hydroxylation is 1. The fourth-order valence-corrected chi connectivity index (χ4v) is 28.4. The van der Waals surface area contributed by atoms with Crippen molar-refractivity contribution in [2.24, 2.45) is 22.7 Å². The van der Waals surface area contributed by atoms with E-state index < -0.39 is 144 Å². The summed E-state index contributed by atoms with van der Waals surface area (Å²) in [7, 11) is 9.59. The quantitative estimate of drug-likeness (QED) is 0.0214. The number of aliphatic hydroxyl groups is 4. The van der Waals surface area contributed by atoms with E-state index in [0.29, 0.717) is 138 Å². The molecule has 9 aliphatic heterocycles. The molecule has 5 fully saturated rings. The molecule has 129 heavy (non-hydrogen) atoms. The fraction of sp³-hybridized carbons (Fsp3) is 0.556. The van der Waals surface area contributed by atoms with E-state index in [2.05, 4.69) is 49.0 Å². The summed E-state index contributed by atoms with van der Waals surface area (Å²) >= 11 is 0. The maximum Gasteiger partial charge on any atom is 0.344 e. The molecule has 5 aromatic carbocycles. The number of β-amino-alcohol motifs (C(OH)–C–C–N with tert-alkyl or cyclic N) is 1. The van der Waals surface area contributed by atoms with Gasteiger partial charge >= 0.3 is 35.8 Å². The van der Waals surface area contributed by atoms with Gasteiger partial charge in [0.05, 0.1) is 77.4 Å².